The Bertz CT molecular complexity index is 3450. The highest BCUT2D eigenvalue weighted by molar-refractivity contribution is 14.1. The van der Waals surface area contributed by atoms with E-state index >= 15 is 0 Å². The molecule has 13 rings (SSSR count). The number of rotatable bonds is 4. The van der Waals surface area contributed by atoms with E-state index in [0.29, 0.717) is 15.8 Å². The van der Waals surface area contributed by atoms with Crippen LogP contribution < -0.4 is 10.4 Å². The Morgan fingerprint density at radius 1 is 0.500 bits per heavy atom. The third kappa shape index (κ3) is 5.74. The molecule has 1 saturated carbocycles. The van der Waals surface area contributed by atoms with Crippen LogP contribution in [-0.2, 0) is 16.2 Å². The molecule has 6 aliphatic rings. The van der Waals surface area contributed by atoms with Gasteiger partial charge >= 0.3 is 0 Å². The maximum absolute atomic E-state index is 2.78. The first-order valence-corrected chi connectivity index (χ1v) is 26.2. The van der Waals surface area contributed by atoms with Crippen molar-refractivity contribution in [2.45, 2.75) is 113 Å². The molecule has 6 aliphatic carbocycles. The topological polar surface area (TPSA) is 0 Å². The second-order valence-corrected chi connectivity index (χ2v) is 23.7. The number of hydrogen-bond acceptors (Lipinski definition) is 0. The lowest BCUT2D eigenvalue weighted by atomic mass is 9.69. The zero-order chi connectivity index (χ0) is 44.9. The molecule has 0 radical (unpaired) electrons. The van der Waals surface area contributed by atoms with Crippen LogP contribution in [0.3, 0.4) is 0 Å². The van der Waals surface area contributed by atoms with Gasteiger partial charge in [0.05, 0.1) is 0 Å². The molecule has 0 bridgehead atoms. The summed E-state index contributed by atoms with van der Waals surface area (Å²) in [5.41, 5.74) is 25.4. The third-order valence-electron chi connectivity index (χ3n) is 17.7. The lowest BCUT2D eigenvalue weighted by molar-refractivity contribution is 0.242. The van der Waals surface area contributed by atoms with E-state index in [1.165, 1.54) is 124 Å². The molecule has 326 valence electrons. The Kier molecular flexibility index (Phi) is 9.08. The van der Waals surface area contributed by atoms with Gasteiger partial charge in [-0.05, 0) is 195 Å². The normalized spacial score (nSPS) is 22.1. The van der Waals surface area contributed by atoms with Gasteiger partial charge in [0.15, 0.2) is 0 Å². The Morgan fingerprint density at radius 3 is 1.97 bits per heavy atom. The molecule has 3 unspecified atom stereocenters. The van der Waals surface area contributed by atoms with Crippen LogP contribution in [0.5, 0.6) is 0 Å². The molecule has 1 heteroatoms. The van der Waals surface area contributed by atoms with Gasteiger partial charge in [-0.15, -0.1) is 0 Å². The van der Waals surface area contributed by atoms with Crippen LogP contribution in [0, 0.1) is 5.92 Å². The average molecular weight is 967 g/mol. The molecule has 0 spiro atoms. The lowest BCUT2D eigenvalue weighted by Crippen LogP contribution is -2.32. The summed E-state index contributed by atoms with van der Waals surface area (Å²) in [6.45, 7) is 14.8. The standard InChI is InChI=1S/C65H59I/c1-63(2)53-22-13-11-17-43(53)45-30-26-39(35-56(45)63)38-27-32-50-52(34-38)60(41-29-31-46-44-18-12-14-23-54(44)64(3,4)57(46)37-41)48-20-9-10-21-49(48)61(50)47-19-8-7-16-42(47)40-28-33-51-58(36-40)65(5,6)55-24-15-25-59(66)62(51)55/h7-8,12-14,16,18-23,26-37,55,59,62H,9-11,15,17,24-25H2,1-6H3. The van der Waals surface area contributed by atoms with Crippen LogP contribution in [-0.4, -0.2) is 3.92 Å². The zero-order valence-corrected chi connectivity index (χ0v) is 41.6. The van der Waals surface area contributed by atoms with Crippen LogP contribution in [0.2, 0.25) is 0 Å². The number of allylic oxidation sites excluding steroid dienone is 4. The summed E-state index contributed by atoms with van der Waals surface area (Å²) in [5, 5.41) is 5.44. The molecule has 7 aromatic carbocycles. The van der Waals surface area contributed by atoms with E-state index in [2.05, 4.69) is 210 Å². The molecular weight excluding hydrogens is 908 g/mol. The maximum atomic E-state index is 2.78. The molecule has 1 fully saturated rings. The van der Waals surface area contributed by atoms with Crippen molar-refractivity contribution in [3.05, 3.63) is 183 Å². The van der Waals surface area contributed by atoms with Crippen molar-refractivity contribution in [3.8, 4) is 55.6 Å². The van der Waals surface area contributed by atoms with Gasteiger partial charge in [0.25, 0.3) is 0 Å². The minimum atomic E-state index is -0.0862. The summed E-state index contributed by atoms with van der Waals surface area (Å²) >= 11 is 2.78. The quantitative estimate of drug-likeness (QED) is 0.122. The van der Waals surface area contributed by atoms with Crippen LogP contribution in [0.4, 0.5) is 0 Å². The summed E-state index contributed by atoms with van der Waals surface area (Å²) in [5.74, 6) is 1.37. The Hall–Kier alpha value is -5.25. The van der Waals surface area contributed by atoms with E-state index in [9.17, 15) is 0 Å². The summed E-state index contributed by atoms with van der Waals surface area (Å²) in [6, 6.07) is 48.2. The first kappa shape index (κ1) is 41.0. The van der Waals surface area contributed by atoms with Crippen LogP contribution in [0.1, 0.15) is 126 Å². The second-order valence-electron chi connectivity index (χ2n) is 22.1. The highest BCUT2D eigenvalue weighted by Crippen LogP contribution is 2.59. The van der Waals surface area contributed by atoms with Gasteiger partial charge in [-0.3, -0.25) is 0 Å². The first-order chi connectivity index (χ1) is 31.9. The molecule has 0 N–H and O–H groups in total. The molecule has 0 saturated heterocycles. The van der Waals surface area contributed by atoms with Gasteiger partial charge in [-0.25, -0.2) is 0 Å². The number of fused-ring (bicyclic) bond motifs is 10. The monoisotopic (exact) mass is 966 g/mol. The number of benzene rings is 7. The van der Waals surface area contributed by atoms with Crippen molar-refractivity contribution in [2.24, 2.45) is 5.92 Å². The number of halogens is 1. The van der Waals surface area contributed by atoms with Gasteiger partial charge in [0, 0.05) is 14.8 Å². The number of hydrogen-bond donors (Lipinski definition) is 0. The molecule has 0 heterocycles. The SMILES string of the molecule is CC1(C)C2=C(CCC=C2)c2ccc(-c3ccc4c(-c5ccccc5-c5ccc6c(c5)C(C)(C)C5CCCC(I)C65)c5c(c(-c6ccc7c(c6)C(C)(C)c6ccccc6-7)c4c3)=CCCC=5)cc21. The van der Waals surface area contributed by atoms with Crippen molar-refractivity contribution in [2.75, 3.05) is 0 Å². The smallest absolute Gasteiger partial charge is 0.0181 e. The second kappa shape index (κ2) is 14.6. The molecule has 3 atom stereocenters. The lowest BCUT2D eigenvalue weighted by Gasteiger charge is -2.37. The summed E-state index contributed by atoms with van der Waals surface area (Å²) in [6.07, 6.45) is 18.3. The van der Waals surface area contributed by atoms with E-state index in [1.54, 1.807) is 16.7 Å². The van der Waals surface area contributed by atoms with Crippen molar-refractivity contribution in [1.29, 1.82) is 0 Å². The van der Waals surface area contributed by atoms with Gasteiger partial charge < -0.3 is 0 Å². The molecule has 0 nitrogen and oxygen atoms in total. The van der Waals surface area contributed by atoms with E-state index in [1.807, 2.05) is 0 Å². The Balaban J connectivity index is 1.05. The Labute approximate surface area is 405 Å². The minimum Gasteiger partial charge on any atom is -0.0839 e. The van der Waals surface area contributed by atoms with Crippen molar-refractivity contribution < 1.29 is 0 Å². The van der Waals surface area contributed by atoms with Crippen LogP contribution in [0.25, 0.3) is 84.1 Å². The fourth-order valence-corrected chi connectivity index (χ4v) is 15.6. The highest BCUT2D eigenvalue weighted by atomic mass is 127. The molecule has 0 amide bonds. The predicted molar refractivity (Wildman–Crippen MR) is 290 cm³/mol. The van der Waals surface area contributed by atoms with E-state index in [4.69, 9.17) is 0 Å². The van der Waals surface area contributed by atoms with Crippen molar-refractivity contribution in [1.82, 2.24) is 0 Å². The summed E-state index contributed by atoms with van der Waals surface area (Å²) < 4.78 is 0.711. The molecule has 0 aliphatic heterocycles. The third-order valence-corrected chi connectivity index (χ3v) is 19.1. The van der Waals surface area contributed by atoms with Crippen molar-refractivity contribution in [3.63, 3.8) is 0 Å². The van der Waals surface area contributed by atoms with Crippen molar-refractivity contribution >= 4 is 51.1 Å². The van der Waals surface area contributed by atoms with Gasteiger partial charge in [-0.1, -0.05) is 198 Å². The van der Waals surface area contributed by atoms with E-state index in [-0.39, 0.29) is 16.2 Å². The van der Waals surface area contributed by atoms with Crippen LogP contribution >= 0.6 is 22.6 Å². The van der Waals surface area contributed by atoms with Gasteiger partial charge in [-0.2, -0.15) is 0 Å². The molecular formula is C65H59I. The first-order valence-electron chi connectivity index (χ1n) is 24.9. The summed E-state index contributed by atoms with van der Waals surface area (Å²) in [7, 11) is 0. The highest BCUT2D eigenvalue weighted by Gasteiger charge is 2.50. The molecule has 66 heavy (non-hydrogen) atoms. The maximum Gasteiger partial charge on any atom is 0.0181 e. The minimum absolute atomic E-state index is 0.0161. The summed E-state index contributed by atoms with van der Waals surface area (Å²) in [4.78, 5) is 0. The Morgan fingerprint density at radius 2 is 1.14 bits per heavy atom. The van der Waals surface area contributed by atoms with E-state index < -0.39 is 0 Å². The largest absolute Gasteiger partial charge is 0.0839 e. The average Bonchev–Trinajstić information content (AvgIpc) is 3.82. The zero-order valence-electron chi connectivity index (χ0n) is 39.4. The fourth-order valence-electron chi connectivity index (χ4n) is 14.3. The van der Waals surface area contributed by atoms with Crippen LogP contribution in [0.15, 0.2) is 139 Å². The van der Waals surface area contributed by atoms with Gasteiger partial charge in [0.2, 0.25) is 0 Å². The fraction of sp³-hybridized carbons (Fsp3) is 0.292. The molecule has 0 aromatic heterocycles. The molecule has 7 aromatic rings. The van der Waals surface area contributed by atoms with Gasteiger partial charge in [0.1, 0.15) is 0 Å². The predicted octanol–water partition coefficient (Wildman–Crippen LogP) is 16.5. The van der Waals surface area contributed by atoms with E-state index in [0.717, 1.165) is 25.7 Å². The number of alkyl halides is 1.